The van der Waals surface area contributed by atoms with Crippen LogP contribution in [0.4, 0.5) is 0 Å². The monoisotopic (exact) mass is 156 g/mol. The Labute approximate surface area is 69.9 Å². The van der Waals surface area contributed by atoms with Gasteiger partial charge in [-0.05, 0) is 18.8 Å². The maximum atomic E-state index is 3.36. The summed E-state index contributed by atoms with van der Waals surface area (Å²) < 4.78 is 0. The van der Waals surface area contributed by atoms with Crippen LogP contribution in [0.3, 0.4) is 0 Å². The average Bonchev–Trinajstić information content (AvgIpc) is 2.07. The van der Waals surface area contributed by atoms with E-state index in [0.29, 0.717) is 0 Å². The number of rotatable bonds is 3. The van der Waals surface area contributed by atoms with E-state index in [4.69, 9.17) is 0 Å². The zero-order valence-corrected chi connectivity index (χ0v) is 7.77. The minimum absolute atomic E-state index is 0.991. The Bertz CT molecular complexity index is 95.7. The number of piperidine rings is 1. The van der Waals surface area contributed by atoms with Crippen LogP contribution in [0.15, 0.2) is 0 Å². The number of hydrogen-bond acceptors (Lipinski definition) is 2. The van der Waals surface area contributed by atoms with E-state index in [1.54, 1.807) is 0 Å². The molecule has 1 aliphatic heterocycles. The van der Waals surface area contributed by atoms with Gasteiger partial charge in [0.05, 0.1) is 0 Å². The second-order valence-electron chi connectivity index (χ2n) is 3.35. The van der Waals surface area contributed by atoms with Gasteiger partial charge in [-0.3, -0.25) is 5.43 Å². The molecule has 0 amide bonds. The lowest BCUT2D eigenvalue weighted by Gasteiger charge is -2.31. The molecule has 0 bridgehead atoms. The third kappa shape index (κ3) is 2.80. The fraction of sp³-hybridized carbons (Fsp3) is 1.00. The van der Waals surface area contributed by atoms with Gasteiger partial charge in [-0.25, -0.2) is 5.01 Å². The average molecular weight is 156 g/mol. The summed E-state index contributed by atoms with van der Waals surface area (Å²) in [6.07, 6.45) is 4.12. The van der Waals surface area contributed by atoms with Gasteiger partial charge in [0.15, 0.2) is 0 Å². The van der Waals surface area contributed by atoms with Gasteiger partial charge >= 0.3 is 0 Å². The third-order valence-electron chi connectivity index (χ3n) is 2.57. The molecule has 1 fully saturated rings. The molecule has 1 saturated heterocycles. The Balaban J connectivity index is 2.14. The van der Waals surface area contributed by atoms with Crippen LogP contribution in [0.25, 0.3) is 0 Å². The van der Waals surface area contributed by atoms with Crippen molar-refractivity contribution in [3.63, 3.8) is 0 Å². The van der Waals surface area contributed by atoms with Crippen molar-refractivity contribution in [1.29, 1.82) is 0 Å². The molecule has 11 heavy (non-hydrogen) atoms. The zero-order valence-electron chi connectivity index (χ0n) is 7.77. The Morgan fingerprint density at radius 2 is 1.91 bits per heavy atom. The molecule has 1 N–H and O–H groups in total. The van der Waals surface area contributed by atoms with Crippen LogP contribution in [-0.4, -0.2) is 24.6 Å². The van der Waals surface area contributed by atoms with Crippen molar-refractivity contribution in [1.82, 2.24) is 10.4 Å². The highest BCUT2D eigenvalue weighted by molar-refractivity contribution is 4.68. The summed E-state index contributed by atoms with van der Waals surface area (Å²) in [5, 5.41) is 2.35. The van der Waals surface area contributed by atoms with Gasteiger partial charge < -0.3 is 0 Å². The number of hydrazine groups is 1. The molecule has 0 atom stereocenters. The molecule has 0 spiro atoms. The molecular formula is C9H20N2. The Morgan fingerprint density at radius 3 is 2.36 bits per heavy atom. The van der Waals surface area contributed by atoms with E-state index < -0.39 is 0 Å². The summed E-state index contributed by atoms with van der Waals surface area (Å²) in [7, 11) is 0. The minimum Gasteiger partial charge on any atom is -0.255 e. The van der Waals surface area contributed by atoms with Gasteiger partial charge in [-0.1, -0.05) is 20.3 Å². The maximum absolute atomic E-state index is 3.36. The fourth-order valence-corrected chi connectivity index (χ4v) is 1.72. The lowest BCUT2D eigenvalue weighted by atomic mass is 9.95. The molecule has 0 aliphatic carbocycles. The lowest BCUT2D eigenvalue weighted by Crippen LogP contribution is -2.43. The predicted molar refractivity (Wildman–Crippen MR) is 48.3 cm³/mol. The summed E-state index contributed by atoms with van der Waals surface area (Å²) in [4.78, 5) is 0. The number of hydrogen-bond donors (Lipinski definition) is 1. The molecule has 0 aromatic heterocycles. The smallest absolute Gasteiger partial charge is 0.0133 e. The van der Waals surface area contributed by atoms with Crippen LogP contribution >= 0.6 is 0 Å². The maximum Gasteiger partial charge on any atom is 0.0133 e. The van der Waals surface area contributed by atoms with Crippen LogP contribution in [0.1, 0.15) is 33.1 Å². The fourth-order valence-electron chi connectivity index (χ4n) is 1.72. The van der Waals surface area contributed by atoms with Crippen molar-refractivity contribution in [2.45, 2.75) is 33.1 Å². The Morgan fingerprint density at radius 1 is 1.27 bits per heavy atom. The van der Waals surface area contributed by atoms with Crippen LogP contribution < -0.4 is 5.43 Å². The first-order chi connectivity index (χ1) is 5.36. The second-order valence-corrected chi connectivity index (χ2v) is 3.35. The molecule has 2 nitrogen and oxygen atoms in total. The van der Waals surface area contributed by atoms with Gasteiger partial charge in [0, 0.05) is 19.6 Å². The zero-order chi connectivity index (χ0) is 8.10. The van der Waals surface area contributed by atoms with E-state index >= 15 is 0 Å². The summed E-state index contributed by atoms with van der Waals surface area (Å²) in [5.41, 5.74) is 3.36. The molecule has 2 heteroatoms. The van der Waals surface area contributed by atoms with Gasteiger partial charge in [-0.2, -0.15) is 0 Å². The van der Waals surface area contributed by atoms with Crippen LogP contribution in [-0.2, 0) is 0 Å². The molecule has 66 valence electrons. The van der Waals surface area contributed by atoms with Crippen molar-refractivity contribution in [2.24, 2.45) is 5.92 Å². The minimum atomic E-state index is 0.991. The summed E-state index contributed by atoms with van der Waals surface area (Å²) >= 11 is 0. The van der Waals surface area contributed by atoms with E-state index in [-0.39, 0.29) is 0 Å². The number of nitrogens with zero attached hydrogens (tertiary/aromatic N) is 1. The topological polar surface area (TPSA) is 15.3 Å². The van der Waals surface area contributed by atoms with Gasteiger partial charge in [0.2, 0.25) is 0 Å². The highest BCUT2D eigenvalue weighted by atomic mass is 15.5. The molecule has 0 aromatic carbocycles. The van der Waals surface area contributed by atoms with Gasteiger partial charge in [-0.15, -0.1) is 0 Å². The third-order valence-corrected chi connectivity index (χ3v) is 2.57. The van der Waals surface area contributed by atoms with Crippen molar-refractivity contribution in [3.05, 3.63) is 0 Å². The van der Waals surface area contributed by atoms with E-state index in [0.717, 1.165) is 12.5 Å². The van der Waals surface area contributed by atoms with Gasteiger partial charge in [0.25, 0.3) is 0 Å². The quantitative estimate of drug-likeness (QED) is 0.668. The number of nitrogens with one attached hydrogen (secondary N) is 1. The lowest BCUT2D eigenvalue weighted by molar-refractivity contribution is 0.126. The van der Waals surface area contributed by atoms with E-state index in [2.05, 4.69) is 24.3 Å². The molecule has 0 aromatic rings. The summed E-state index contributed by atoms with van der Waals surface area (Å²) in [6.45, 7) is 8.01. The summed E-state index contributed by atoms with van der Waals surface area (Å²) in [5.74, 6) is 0.991. The Kier molecular flexibility index (Phi) is 3.87. The first kappa shape index (κ1) is 9.01. The highest BCUT2D eigenvalue weighted by Gasteiger charge is 2.16. The first-order valence-electron chi connectivity index (χ1n) is 4.85. The van der Waals surface area contributed by atoms with E-state index in [1.807, 2.05) is 0 Å². The Hall–Kier alpha value is -0.0800. The molecule has 1 aliphatic rings. The van der Waals surface area contributed by atoms with Crippen molar-refractivity contribution >= 4 is 0 Å². The molecule has 0 radical (unpaired) electrons. The molecule has 1 heterocycles. The van der Waals surface area contributed by atoms with Crippen LogP contribution in [0, 0.1) is 5.92 Å². The van der Waals surface area contributed by atoms with E-state index in [1.165, 1.54) is 32.4 Å². The predicted octanol–water partition coefficient (Wildman–Crippen LogP) is 1.63. The molecule has 0 saturated carbocycles. The van der Waals surface area contributed by atoms with Gasteiger partial charge in [0.1, 0.15) is 0 Å². The molecular weight excluding hydrogens is 136 g/mol. The van der Waals surface area contributed by atoms with E-state index in [9.17, 15) is 0 Å². The molecule has 0 unspecified atom stereocenters. The SMILES string of the molecule is CCNN1CCC(CC)CC1. The van der Waals surface area contributed by atoms with Crippen LogP contribution in [0.2, 0.25) is 0 Å². The second kappa shape index (κ2) is 4.73. The largest absolute Gasteiger partial charge is 0.255 e. The normalized spacial score (nSPS) is 22.4. The highest BCUT2D eigenvalue weighted by Crippen LogP contribution is 2.18. The van der Waals surface area contributed by atoms with Crippen molar-refractivity contribution in [3.8, 4) is 0 Å². The van der Waals surface area contributed by atoms with Crippen LogP contribution in [0.5, 0.6) is 0 Å². The molecule has 1 rings (SSSR count). The first-order valence-corrected chi connectivity index (χ1v) is 4.85. The standard InChI is InChI=1S/C9H20N2/c1-3-9-5-7-11(8-6-9)10-4-2/h9-10H,3-8H2,1-2H3. The van der Waals surface area contributed by atoms with Crippen molar-refractivity contribution < 1.29 is 0 Å². The summed E-state index contributed by atoms with van der Waals surface area (Å²) in [6, 6.07) is 0. The van der Waals surface area contributed by atoms with Crippen molar-refractivity contribution in [2.75, 3.05) is 19.6 Å².